The summed E-state index contributed by atoms with van der Waals surface area (Å²) in [5.74, 6) is 0.561. The van der Waals surface area contributed by atoms with Crippen LogP contribution in [0.25, 0.3) is 11.4 Å². The molecular weight excluding hydrogens is 320 g/mol. The molecule has 3 aromatic rings. The zero-order valence-corrected chi connectivity index (χ0v) is 14.6. The van der Waals surface area contributed by atoms with E-state index in [1.54, 1.807) is 18.2 Å². The number of methoxy groups -OCH3 is 2. The number of aromatic amines is 1. The highest BCUT2D eigenvalue weighted by atomic mass is 16.5. The number of hydrogen-bond donors (Lipinski definition) is 2. The van der Waals surface area contributed by atoms with Crippen LogP contribution < -0.4 is 14.8 Å². The molecule has 0 unspecified atom stereocenters. The summed E-state index contributed by atoms with van der Waals surface area (Å²) in [6.07, 6.45) is 1.92. The Morgan fingerprint density at radius 2 is 1.84 bits per heavy atom. The summed E-state index contributed by atoms with van der Waals surface area (Å²) in [5, 5.41) is 10.2. The average molecular weight is 340 g/mol. The van der Waals surface area contributed by atoms with Gasteiger partial charge < -0.3 is 19.4 Å². The number of carbonyl (C=O) groups is 1. The van der Waals surface area contributed by atoms with E-state index in [1.807, 2.05) is 36.9 Å². The number of benzene rings is 1. The molecule has 0 aliphatic carbocycles. The molecule has 0 fully saturated rings. The second-order valence-electron chi connectivity index (χ2n) is 5.57. The van der Waals surface area contributed by atoms with E-state index in [0.29, 0.717) is 28.4 Å². The number of ether oxygens (including phenoxy) is 2. The number of nitrogens with zero attached hydrogens (tertiary/aromatic N) is 2. The number of hydrogen-bond acceptors (Lipinski definition) is 4. The summed E-state index contributed by atoms with van der Waals surface area (Å²) in [7, 11) is 4.96. The molecule has 1 aromatic carbocycles. The lowest BCUT2D eigenvalue weighted by Gasteiger charge is -2.13. The Hall–Kier alpha value is -3.22. The van der Waals surface area contributed by atoms with Crippen LogP contribution in [0.3, 0.4) is 0 Å². The highest BCUT2D eigenvalue weighted by Gasteiger charge is 2.22. The molecule has 0 saturated heterocycles. The van der Waals surface area contributed by atoms with Crippen molar-refractivity contribution in [1.29, 1.82) is 0 Å². The van der Waals surface area contributed by atoms with Gasteiger partial charge in [0.25, 0.3) is 5.91 Å². The molecular formula is C18H20N4O3. The average Bonchev–Trinajstić information content (AvgIpc) is 3.19. The lowest BCUT2D eigenvalue weighted by Crippen LogP contribution is -2.15. The van der Waals surface area contributed by atoms with E-state index < -0.39 is 0 Å². The van der Waals surface area contributed by atoms with Gasteiger partial charge in [-0.25, -0.2) is 0 Å². The molecule has 0 spiro atoms. The maximum Gasteiger partial charge on any atom is 0.263 e. The number of aryl methyl sites for hydroxylation is 2. The van der Waals surface area contributed by atoms with Gasteiger partial charge in [0.2, 0.25) is 0 Å². The molecule has 0 radical (unpaired) electrons. The molecule has 2 aromatic heterocycles. The minimum Gasteiger partial charge on any atom is -0.496 e. The Labute approximate surface area is 145 Å². The monoisotopic (exact) mass is 340 g/mol. The summed E-state index contributed by atoms with van der Waals surface area (Å²) >= 11 is 0. The molecule has 3 rings (SSSR count). The van der Waals surface area contributed by atoms with Crippen molar-refractivity contribution in [1.82, 2.24) is 14.8 Å². The Morgan fingerprint density at radius 3 is 2.40 bits per heavy atom. The largest absolute Gasteiger partial charge is 0.496 e. The third-order valence-electron chi connectivity index (χ3n) is 4.03. The van der Waals surface area contributed by atoms with E-state index >= 15 is 0 Å². The van der Waals surface area contributed by atoms with Gasteiger partial charge in [0.15, 0.2) is 0 Å². The van der Waals surface area contributed by atoms with E-state index in [1.165, 1.54) is 14.2 Å². The molecule has 7 heteroatoms. The van der Waals surface area contributed by atoms with Crippen molar-refractivity contribution in [2.45, 2.75) is 6.92 Å². The van der Waals surface area contributed by atoms with Crippen molar-refractivity contribution in [3.8, 4) is 22.9 Å². The first kappa shape index (κ1) is 16.6. The first-order valence-corrected chi connectivity index (χ1v) is 7.75. The molecule has 0 saturated carbocycles. The van der Waals surface area contributed by atoms with Crippen molar-refractivity contribution < 1.29 is 14.3 Å². The smallest absolute Gasteiger partial charge is 0.263 e. The standard InChI is InChI=1S/C18H20N4O3/c1-11-16(17(21-20-11)12-7-6-10-22(12)2)19-18(23)15-13(24-3)8-5-9-14(15)25-4/h5-10H,1-4H3,(H,19,23)(H,20,21). The van der Waals surface area contributed by atoms with Crippen LogP contribution in [0.1, 0.15) is 16.1 Å². The van der Waals surface area contributed by atoms with Crippen LogP contribution in [0.5, 0.6) is 11.5 Å². The van der Waals surface area contributed by atoms with Crippen LogP contribution in [0, 0.1) is 6.92 Å². The van der Waals surface area contributed by atoms with Crippen molar-refractivity contribution in [3.63, 3.8) is 0 Å². The normalized spacial score (nSPS) is 10.6. The molecule has 2 N–H and O–H groups in total. The Balaban J connectivity index is 2.01. The fourth-order valence-electron chi connectivity index (χ4n) is 2.73. The molecule has 7 nitrogen and oxygen atoms in total. The van der Waals surface area contributed by atoms with Crippen molar-refractivity contribution in [3.05, 3.63) is 47.8 Å². The SMILES string of the molecule is COc1cccc(OC)c1C(=O)Nc1c(-c2cccn2C)n[nH]c1C. The number of aromatic nitrogens is 3. The second-order valence-corrected chi connectivity index (χ2v) is 5.57. The van der Waals surface area contributed by atoms with E-state index in [4.69, 9.17) is 9.47 Å². The Morgan fingerprint density at radius 1 is 1.16 bits per heavy atom. The van der Waals surface area contributed by atoms with Crippen molar-refractivity contribution in [2.75, 3.05) is 19.5 Å². The van der Waals surface area contributed by atoms with Gasteiger partial charge in [-0.2, -0.15) is 5.10 Å². The van der Waals surface area contributed by atoms with E-state index in [2.05, 4.69) is 15.5 Å². The fraction of sp³-hybridized carbons (Fsp3) is 0.222. The molecule has 0 aliphatic heterocycles. The first-order valence-electron chi connectivity index (χ1n) is 7.75. The minimum absolute atomic E-state index is 0.325. The topological polar surface area (TPSA) is 81.2 Å². The van der Waals surface area contributed by atoms with Gasteiger partial charge in [0.1, 0.15) is 22.8 Å². The Bertz CT molecular complexity index is 889. The number of H-pyrrole nitrogens is 1. The molecule has 2 heterocycles. The molecule has 25 heavy (non-hydrogen) atoms. The second kappa shape index (κ2) is 6.72. The van der Waals surface area contributed by atoms with Crippen LogP contribution in [-0.4, -0.2) is 34.9 Å². The third-order valence-corrected chi connectivity index (χ3v) is 4.03. The predicted octanol–water partition coefficient (Wildman–Crippen LogP) is 2.99. The van der Waals surface area contributed by atoms with E-state index in [9.17, 15) is 4.79 Å². The van der Waals surface area contributed by atoms with E-state index in [0.717, 1.165) is 11.4 Å². The molecule has 1 amide bonds. The molecule has 0 atom stereocenters. The zero-order chi connectivity index (χ0) is 18.0. The number of rotatable bonds is 5. The zero-order valence-electron chi connectivity index (χ0n) is 14.6. The summed E-state index contributed by atoms with van der Waals surface area (Å²) in [6, 6.07) is 9.08. The fourth-order valence-corrected chi connectivity index (χ4v) is 2.73. The molecule has 0 aliphatic rings. The lowest BCUT2D eigenvalue weighted by atomic mass is 10.1. The van der Waals surface area contributed by atoms with Gasteiger partial charge in [-0.1, -0.05) is 6.07 Å². The van der Waals surface area contributed by atoms with Crippen molar-refractivity contribution in [2.24, 2.45) is 7.05 Å². The summed E-state index contributed by atoms with van der Waals surface area (Å²) in [5.41, 5.74) is 3.29. The maximum absolute atomic E-state index is 12.9. The summed E-state index contributed by atoms with van der Waals surface area (Å²) < 4.78 is 12.6. The van der Waals surface area contributed by atoms with Gasteiger partial charge in [-0.05, 0) is 31.2 Å². The van der Waals surface area contributed by atoms with Crippen LogP contribution in [-0.2, 0) is 7.05 Å². The highest BCUT2D eigenvalue weighted by Crippen LogP contribution is 2.32. The maximum atomic E-state index is 12.9. The number of anilines is 1. The quantitative estimate of drug-likeness (QED) is 0.748. The summed E-state index contributed by atoms with van der Waals surface area (Å²) in [6.45, 7) is 1.86. The van der Waals surface area contributed by atoms with Crippen molar-refractivity contribution >= 4 is 11.6 Å². The van der Waals surface area contributed by atoms with Crippen LogP contribution in [0.2, 0.25) is 0 Å². The van der Waals surface area contributed by atoms with Gasteiger partial charge in [-0.15, -0.1) is 0 Å². The molecule has 0 bridgehead atoms. The van der Waals surface area contributed by atoms with Gasteiger partial charge >= 0.3 is 0 Å². The van der Waals surface area contributed by atoms with Crippen LogP contribution in [0.15, 0.2) is 36.5 Å². The van der Waals surface area contributed by atoms with E-state index in [-0.39, 0.29) is 5.91 Å². The van der Waals surface area contributed by atoms with Crippen LogP contribution >= 0.6 is 0 Å². The minimum atomic E-state index is -0.325. The summed E-state index contributed by atoms with van der Waals surface area (Å²) in [4.78, 5) is 12.9. The number of amides is 1. The van der Waals surface area contributed by atoms with Gasteiger partial charge in [-0.3, -0.25) is 9.89 Å². The Kier molecular flexibility index (Phi) is 4.47. The first-order chi connectivity index (χ1) is 12.1. The number of nitrogens with one attached hydrogen (secondary N) is 2. The third kappa shape index (κ3) is 2.96. The molecule has 130 valence electrons. The predicted molar refractivity (Wildman–Crippen MR) is 95.2 cm³/mol. The lowest BCUT2D eigenvalue weighted by molar-refractivity contribution is 0.102. The highest BCUT2D eigenvalue weighted by molar-refractivity contribution is 6.09. The van der Waals surface area contributed by atoms with Gasteiger partial charge in [0.05, 0.1) is 31.3 Å². The van der Waals surface area contributed by atoms with Crippen LogP contribution in [0.4, 0.5) is 5.69 Å². The number of carbonyl (C=O) groups excluding carboxylic acids is 1. The van der Waals surface area contributed by atoms with Gasteiger partial charge in [0, 0.05) is 13.2 Å².